The number of nitrogens with two attached hydrogens (primary N) is 1. The molecule has 2 aromatic carbocycles. The SMILES string of the molecule is CC(C)(C)C(=O)Nc1ccc2c(c1)C(CN)c1ccccc1-2. The normalized spacial score (nSPS) is 16.1. The summed E-state index contributed by atoms with van der Waals surface area (Å²) in [4.78, 5) is 12.2. The molecule has 22 heavy (non-hydrogen) atoms. The second-order valence-corrected chi connectivity index (χ2v) is 6.88. The van der Waals surface area contributed by atoms with Crippen LogP contribution in [0.3, 0.4) is 0 Å². The molecule has 1 aliphatic carbocycles. The first-order valence-corrected chi connectivity index (χ1v) is 7.66. The first-order chi connectivity index (χ1) is 10.4. The van der Waals surface area contributed by atoms with Crippen LogP contribution in [0.25, 0.3) is 11.1 Å². The molecule has 0 aromatic heterocycles. The molecule has 3 rings (SSSR count). The van der Waals surface area contributed by atoms with E-state index in [9.17, 15) is 4.79 Å². The lowest BCUT2D eigenvalue weighted by Crippen LogP contribution is -2.27. The fraction of sp³-hybridized carbons (Fsp3) is 0.316. The van der Waals surface area contributed by atoms with Gasteiger partial charge in [-0.2, -0.15) is 0 Å². The topological polar surface area (TPSA) is 55.1 Å². The molecule has 1 atom stereocenters. The summed E-state index contributed by atoms with van der Waals surface area (Å²) in [5.41, 5.74) is 11.4. The van der Waals surface area contributed by atoms with Crippen molar-refractivity contribution >= 4 is 11.6 Å². The summed E-state index contributed by atoms with van der Waals surface area (Å²) >= 11 is 0. The van der Waals surface area contributed by atoms with Crippen molar-refractivity contribution in [2.45, 2.75) is 26.7 Å². The molecule has 3 heteroatoms. The summed E-state index contributed by atoms with van der Waals surface area (Å²) in [5, 5.41) is 3.00. The van der Waals surface area contributed by atoms with Gasteiger partial charge in [-0.1, -0.05) is 51.1 Å². The maximum Gasteiger partial charge on any atom is 0.229 e. The van der Waals surface area contributed by atoms with Crippen molar-refractivity contribution in [2.75, 3.05) is 11.9 Å². The van der Waals surface area contributed by atoms with Gasteiger partial charge in [-0.3, -0.25) is 4.79 Å². The smallest absolute Gasteiger partial charge is 0.229 e. The molecule has 1 amide bonds. The molecule has 2 aromatic rings. The lowest BCUT2D eigenvalue weighted by molar-refractivity contribution is -0.123. The highest BCUT2D eigenvalue weighted by atomic mass is 16.2. The van der Waals surface area contributed by atoms with E-state index in [0.29, 0.717) is 6.54 Å². The predicted octanol–water partition coefficient (Wildman–Crippen LogP) is 3.74. The second-order valence-electron chi connectivity index (χ2n) is 6.88. The van der Waals surface area contributed by atoms with E-state index in [0.717, 1.165) is 5.69 Å². The average Bonchev–Trinajstić information content (AvgIpc) is 2.79. The summed E-state index contributed by atoms with van der Waals surface area (Å²) in [6.07, 6.45) is 0. The Kier molecular flexibility index (Phi) is 3.53. The van der Waals surface area contributed by atoms with Gasteiger partial charge in [-0.15, -0.1) is 0 Å². The third kappa shape index (κ3) is 2.42. The molecular weight excluding hydrogens is 272 g/mol. The molecule has 114 valence electrons. The molecule has 0 saturated carbocycles. The molecular formula is C19H22N2O. The lowest BCUT2D eigenvalue weighted by atomic mass is 9.94. The van der Waals surface area contributed by atoms with Crippen LogP contribution in [0.2, 0.25) is 0 Å². The minimum absolute atomic E-state index is 0.0206. The van der Waals surface area contributed by atoms with Crippen molar-refractivity contribution < 1.29 is 4.79 Å². The Labute approximate surface area is 131 Å². The number of rotatable bonds is 2. The average molecular weight is 294 g/mol. The van der Waals surface area contributed by atoms with Crippen LogP contribution < -0.4 is 11.1 Å². The third-order valence-corrected chi connectivity index (χ3v) is 4.23. The first kappa shape index (κ1) is 14.8. The number of nitrogens with one attached hydrogen (secondary N) is 1. The highest BCUT2D eigenvalue weighted by Gasteiger charge is 2.28. The molecule has 3 N–H and O–H groups in total. The van der Waals surface area contributed by atoms with E-state index in [1.807, 2.05) is 26.8 Å². The number of anilines is 1. The van der Waals surface area contributed by atoms with Crippen LogP contribution >= 0.6 is 0 Å². The zero-order valence-corrected chi connectivity index (χ0v) is 13.3. The monoisotopic (exact) mass is 294 g/mol. The largest absolute Gasteiger partial charge is 0.330 e. The van der Waals surface area contributed by atoms with Crippen LogP contribution in [0.4, 0.5) is 5.69 Å². The molecule has 0 fully saturated rings. The van der Waals surface area contributed by atoms with Gasteiger partial charge in [0.05, 0.1) is 0 Å². The number of amides is 1. The highest BCUT2D eigenvalue weighted by Crippen LogP contribution is 2.45. The van der Waals surface area contributed by atoms with Crippen molar-refractivity contribution in [3.05, 3.63) is 53.6 Å². The molecule has 0 heterocycles. The fourth-order valence-electron chi connectivity index (χ4n) is 2.96. The molecule has 3 nitrogen and oxygen atoms in total. The number of carbonyl (C=O) groups excluding carboxylic acids is 1. The standard InChI is InChI=1S/C19H22N2O/c1-19(2,3)18(22)21-12-8-9-15-13-6-4-5-7-14(13)17(11-20)16(15)10-12/h4-10,17H,11,20H2,1-3H3,(H,21,22). The zero-order chi connectivity index (χ0) is 15.9. The number of fused-ring (bicyclic) bond motifs is 3. The quantitative estimate of drug-likeness (QED) is 0.886. The summed E-state index contributed by atoms with van der Waals surface area (Å²) < 4.78 is 0. The van der Waals surface area contributed by atoms with Gasteiger partial charge < -0.3 is 11.1 Å². The molecule has 0 aliphatic heterocycles. The van der Waals surface area contributed by atoms with Crippen LogP contribution in [0.15, 0.2) is 42.5 Å². The molecule has 0 spiro atoms. The fourth-order valence-corrected chi connectivity index (χ4v) is 2.96. The maximum atomic E-state index is 12.2. The Balaban J connectivity index is 1.99. The molecule has 0 saturated heterocycles. The van der Waals surface area contributed by atoms with Crippen molar-refractivity contribution in [1.82, 2.24) is 0 Å². The minimum Gasteiger partial charge on any atom is -0.330 e. The van der Waals surface area contributed by atoms with Gasteiger partial charge in [-0.05, 0) is 34.4 Å². The maximum absolute atomic E-state index is 12.2. The van der Waals surface area contributed by atoms with Crippen LogP contribution in [0, 0.1) is 5.41 Å². The van der Waals surface area contributed by atoms with Gasteiger partial charge in [0.1, 0.15) is 0 Å². The van der Waals surface area contributed by atoms with Gasteiger partial charge >= 0.3 is 0 Å². The highest BCUT2D eigenvalue weighted by molar-refractivity contribution is 5.95. The van der Waals surface area contributed by atoms with E-state index in [-0.39, 0.29) is 11.8 Å². The van der Waals surface area contributed by atoms with Crippen molar-refractivity contribution in [3.8, 4) is 11.1 Å². The first-order valence-electron chi connectivity index (χ1n) is 7.66. The summed E-state index contributed by atoms with van der Waals surface area (Å²) in [6, 6.07) is 14.5. The van der Waals surface area contributed by atoms with Crippen molar-refractivity contribution in [3.63, 3.8) is 0 Å². The van der Waals surface area contributed by atoms with Gasteiger partial charge in [0.25, 0.3) is 0 Å². The van der Waals surface area contributed by atoms with Gasteiger partial charge in [0.15, 0.2) is 0 Å². The van der Waals surface area contributed by atoms with Gasteiger partial charge in [0.2, 0.25) is 5.91 Å². The Hall–Kier alpha value is -2.13. The Bertz CT molecular complexity index is 728. The van der Waals surface area contributed by atoms with Gasteiger partial charge in [0, 0.05) is 23.6 Å². The molecule has 0 radical (unpaired) electrons. The molecule has 1 unspecified atom stereocenters. The van der Waals surface area contributed by atoms with E-state index >= 15 is 0 Å². The van der Waals surface area contributed by atoms with Crippen LogP contribution in [0.1, 0.15) is 37.8 Å². The van der Waals surface area contributed by atoms with Crippen molar-refractivity contribution in [1.29, 1.82) is 0 Å². The van der Waals surface area contributed by atoms with Crippen LogP contribution in [0.5, 0.6) is 0 Å². The molecule has 1 aliphatic rings. The van der Waals surface area contributed by atoms with Crippen molar-refractivity contribution in [2.24, 2.45) is 11.1 Å². The third-order valence-electron chi connectivity index (χ3n) is 4.23. The molecule has 0 bridgehead atoms. The Morgan fingerprint density at radius 1 is 1.09 bits per heavy atom. The van der Waals surface area contributed by atoms with Crippen LogP contribution in [-0.4, -0.2) is 12.5 Å². The van der Waals surface area contributed by atoms with E-state index in [1.54, 1.807) is 0 Å². The van der Waals surface area contributed by atoms with Gasteiger partial charge in [-0.25, -0.2) is 0 Å². The van der Waals surface area contributed by atoms with E-state index in [2.05, 4.69) is 41.7 Å². The lowest BCUT2D eigenvalue weighted by Gasteiger charge is -2.18. The Morgan fingerprint density at radius 3 is 2.45 bits per heavy atom. The summed E-state index contributed by atoms with van der Waals surface area (Å²) in [7, 11) is 0. The number of benzene rings is 2. The number of hydrogen-bond acceptors (Lipinski definition) is 2. The Morgan fingerprint density at radius 2 is 1.77 bits per heavy atom. The number of carbonyl (C=O) groups is 1. The van der Waals surface area contributed by atoms with Crippen LogP contribution in [-0.2, 0) is 4.79 Å². The zero-order valence-electron chi connectivity index (χ0n) is 13.3. The van der Waals surface area contributed by atoms with E-state index in [4.69, 9.17) is 5.73 Å². The minimum atomic E-state index is -0.407. The number of hydrogen-bond donors (Lipinski definition) is 2. The summed E-state index contributed by atoms with van der Waals surface area (Å²) in [5.74, 6) is 0.227. The van der Waals surface area contributed by atoms with E-state index in [1.165, 1.54) is 22.3 Å². The summed E-state index contributed by atoms with van der Waals surface area (Å²) in [6.45, 7) is 6.30. The predicted molar refractivity (Wildman–Crippen MR) is 90.9 cm³/mol. The van der Waals surface area contributed by atoms with E-state index < -0.39 is 5.41 Å². The second kappa shape index (κ2) is 5.25.